The number of carbonyl (C=O) groups is 2. The van der Waals surface area contributed by atoms with E-state index in [4.69, 9.17) is 0 Å². The predicted molar refractivity (Wildman–Crippen MR) is 151 cm³/mol. The van der Waals surface area contributed by atoms with Crippen LogP contribution < -0.4 is 10.6 Å². The van der Waals surface area contributed by atoms with Gasteiger partial charge in [0.15, 0.2) is 0 Å². The first-order valence-corrected chi connectivity index (χ1v) is 12.2. The molecular weight excluding hydrogens is 459 g/mol. The molecule has 0 bridgehead atoms. The zero-order chi connectivity index (χ0) is 26.0. The van der Waals surface area contributed by atoms with Gasteiger partial charge >= 0.3 is 0 Å². The maximum Gasteiger partial charge on any atom is 0.255 e. The third-order valence-electron chi connectivity index (χ3n) is 5.81. The van der Waals surface area contributed by atoms with E-state index in [1.807, 2.05) is 55.4 Å². The second kappa shape index (κ2) is 12.4. The fourth-order valence-electron chi connectivity index (χ4n) is 3.66. The van der Waals surface area contributed by atoms with Crippen LogP contribution in [0.25, 0.3) is 0 Å². The van der Waals surface area contributed by atoms with E-state index in [0.29, 0.717) is 33.9 Å². The molecule has 0 atom stereocenters. The largest absolute Gasteiger partial charge is 0.322 e. The highest BCUT2D eigenvalue weighted by Crippen LogP contribution is 2.22. The monoisotopic (exact) mass is 487 g/mol. The van der Waals surface area contributed by atoms with Crippen LogP contribution in [0.5, 0.6) is 0 Å². The van der Waals surface area contributed by atoms with E-state index < -0.39 is 0 Å². The van der Waals surface area contributed by atoms with Gasteiger partial charge in [-0.15, -0.1) is 0 Å². The molecule has 0 aliphatic carbocycles. The van der Waals surface area contributed by atoms with Gasteiger partial charge in [-0.3, -0.25) is 9.59 Å². The zero-order valence-electron chi connectivity index (χ0n) is 20.9. The summed E-state index contributed by atoms with van der Waals surface area (Å²) >= 11 is 0. The van der Waals surface area contributed by atoms with Crippen molar-refractivity contribution in [2.24, 2.45) is 10.2 Å². The van der Waals surface area contributed by atoms with Crippen molar-refractivity contribution >= 4 is 41.8 Å². The molecule has 2 amide bonds. The van der Waals surface area contributed by atoms with Gasteiger partial charge in [0.1, 0.15) is 7.28 Å². The second-order valence-electron chi connectivity index (χ2n) is 8.56. The molecule has 183 valence electrons. The third-order valence-corrected chi connectivity index (χ3v) is 5.81. The van der Waals surface area contributed by atoms with Crippen LogP contribution in [-0.4, -0.2) is 19.1 Å². The molecule has 0 fully saturated rings. The predicted octanol–water partition coefficient (Wildman–Crippen LogP) is 7.42. The number of aryl methyl sites for hydroxylation is 1. The van der Waals surface area contributed by atoms with Crippen LogP contribution >= 0.6 is 0 Å². The Morgan fingerprint density at radius 1 is 0.622 bits per heavy atom. The van der Waals surface area contributed by atoms with Gasteiger partial charge < -0.3 is 10.6 Å². The second-order valence-corrected chi connectivity index (χ2v) is 8.56. The SMILES string of the molecule is C[B]Cc1ccc(C(=O)Nc2ccc(N=Nc3ccc(NC(=O)c4ccc(CC)cc4)cc3)cc2)cc1. The first-order chi connectivity index (χ1) is 18.0. The van der Waals surface area contributed by atoms with Crippen molar-refractivity contribution in [2.75, 3.05) is 10.6 Å². The highest BCUT2D eigenvalue weighted by atomic mass is 16.2. The van der Waals surface area contributed by atoms with Gasteiger partial charge in [0.05, 0.1) is 11.4 Å². The summed E-state index contributed by atoms with van der Waals surface area (Å²) in [4.78, 5) is 24.9. The molecule has 1 radical (unpaired) electrons. The summed E-state index contributed by atoms with van der Waals surface area (Å²) in [6.07, 6.45) is 1.82. The Morgan fingerprint density at radius 3 is 1.41 bits per heavy atom. The van der Waals surface area contributed by atoms with Gasteiger partial charge in [-0.2, -0.15) is 10.2 Å². The number of hydrogen-bond acceptors (Lipinski definition) is 4. The maximum atomic E-state index is 12.5. The summed E-state index contributed by atoms with van der Waals surface area (Å²) in [6.45, 7) is 4.09. The number of amides is 2. The Labute approximate surface area is 218 Å². The standard InChI is InChI=1S/C30H28BN4O2/c1-3-21-4-8-23(9-5-21)29(36)32-25-12-16-27(17-13-25)34-35-28-18-14-26(15-19-28)33-30(37)24-10-6-22(7-11-24)20-31-2/h4-19H,3,20H2,1-2H3,(H,32,36)(H,33,37). The minimum atomic E-state index is -0.161. The Bertz CT molecular complexity index is 1370. The molecule has 0 saturated carbocycles. The van der Waals surface area contributed by atoms with Crippen molar-refractivity contribution in [2.45, 2.75) is 26.5 Å². The molecular formula is C30H28BN4O2. The van der Waals surface area contributed by atoms with Gasteiger partial charge in [0.25, 0.3) is 11.8 Å². The normalized spacial score (nSPS) is 10.8. The molecule has 4 aromatic rings. The molecule has 0 spiro atoms. The van der Waals surface area contributed by atoms with Gasteiger partial charge in [-0.1, -0.05) is 49.9 Å². The molecule has 0 aromatic heterocycles. The number of nitrogens with one attached hydrogen (secondary N) is 2. The van der Waals surface area contributed by atoms with E-state index in [0.717, 1.165) is 12.7 Å². The lowest BCUT2D eigenvalue weighted by Crippen LogP contribution is -2.11. The van der Waals surface area contributed by atoms with E-state index in [9.17, 15) is 9.59 Å². The van der Waals surface area contributed by atoms with Gasteiger partial charge in [-0.05, 0) is 84.8 Å². The lowest BCUT2D eigenvalue weighted by atomic mass is 9.75. The summed E-state index contributed by atoms with van der Waals surface area (Å²) in [5.74, 6) is -0.317. The molecule has 0 heterocycles. The molecule has 0 unspecified atom stereocenters. The third kappa shape index (κ3) is 7.24. The van der Waals surface area contributed by atoms with Crippen molar-refractivity contribution in [3.05, 3.63) is 119 Å². The van der Waals surface area contributed by atoms with Crippen LogP contribution in [0.1, 0.15) is 38.8 Å². The fraction of sp³-hybridized carbons (Fsp3) is 0.133. The molecule has 0 aliphatic heterocycles. The summed E-state index contributed by atoms with van der Waals surface area (Å²) in [5.41, 5.74) is 6.27. The van der Waals surface area contributed by atoms with Crippen LogP contribution in [0.15, 0.2) is 107 Å². The van der Waals surface area contributed by atoms with E-state index >= 15 is 0 Å². The zero-order valence-corrected chi connectivity index (χ0v) is 20.9. The quantitative estimate of drug-likeness (QED) is 0.190. The minimum absolute atomic E-state index is 0.156. The molecule has 6 nitrogen and oxygen atoms in total. The Hall–Kier alpha value is -4.52. The van der Waals surface area contributed by atoms with Crippen molar-refractivity contribution in [3.63, 3.8) is 0 Å². The van der Waals surface area contributed by atoms with Gasteiger partial charge in [0, 0.05) is 22.5 Å². The van der Waals surface area contributed by atoms with Crippen molar-refractivity contribution in [3.8, 4) is 0 Å². The number of benzene rings is 4. The number of carbonyl (C=O) groups excluding carboxylic acids is 2. The highest BCUT2D eigenvalue weighted by Gasteiger charge is 2.07. The van der Waals surface area contributed by atoms with E-state index in [2.05, 4.69) is 35.1 Å². The molecule has 4 rings (SSSR count). The number of anilines is 2. The highest BCUT2D eigenvalue weighted by molar-refractivity contribution is 6.32. The Morgan fingerprint density at radius 2 is 1.03 bits per heavy atom. The van der Waals surface area contributed by atoms with Crippen LogP contribution in [0.4, 0.5) is 22.7 Å². The smallest absolute Gasteiger partial charge is 0.255 e. The first kappa shape index (κ1) is 25.6. The average molecular weight is 487 g/mol. The molecule has 2 N–H and O–H groups in total. The van der Waals surface area contributed by atoms with E-state index in [1.54, 1.807) is 48.5 Å². The van der Waals surface area contributed by atoms with Gasteiger partial charge in [0.2, 0.25) is 0 Å². The summed E-state index contributed by atoms with van der Waals surface area (Å²) < 4.78 is 0. The first-order valence-electron chi connectivity index (χ1n) is 12.2. The van der Waals surface area contributed by atoms with Crippen LogP contribution in [0.2, 0.25) is 6.82 Å². The lowest BCUT2D eigenvalue weighted by Gasteiger charge is -2.07. The molecule has 7 heteroatoms. The molecule has 37 heavy (non-hydrogen) atoms. The number of nitrogens with zero attached hydrogens (tertiary/aromatic N) is 2. The maximum absolute atomic E-state index is 12.5. The summed E-state index contributed by atoms with van der Waals surface area (Å²) in [7, 11) is 2.08. The summed E-state index contributed by atoms with van der Waals surface area (Å²) in [6, 6.07) is 29.5. The van der Waals surface area contributed by atoms with E-state index in [-0.39, 0.29) is 11.8 Å². The van der Waals surface area contributed by atoms with Crippen molar-refractivity contribution in [1.29, 1.82) is 0 Å². The lowest BCUT2D eigenvalue weighted by molar-refractivity contribution is 0.101. The average Bonchev–Trinajstić information content (AvgIpc) is 2.94. The molecule has 0 aliphatic rings. The number of azo groups is 1. The topological polar surface area (TPSA) is 82.9 Å². The molecule has 0 saturated heterocycles. The number of hydrogen-bond donors (Lipinski definition) is 2. The van der Waals surface area contributed by atoms with Crippen molar-refractivity contribution in [1.82, 2.24) is 0 Å². The van der Waals surface area contributed by atoms with Gasteiger partial charge in [-0.25, -0.2) is 0 Å². The Kier molecular flexibility index (Phi) is 8.60. The van der Waals surface area contributed by atoms with Crippen LogP contribution in [-0.2, 0) is 12.7 Å². The minimum Gasteiger partial charge on any atom is -0.322 e. The molecule has 4 aromatic carbocycles. The fourth-order valence-corrected chi connectivity index (χ4v) is 3.66. The Balaban J connectivity index is 1.30. The van der Waals surface area contributed by atoms with E-state index in [1.165, 1.54) is 11.1 Å². The van der Waals surface area contributed by atoms with Crippen molar-refractivity contribution < 1.29 is 9.59 Å². The summed E-state index contributed by atoms with van der Waals surface area (Å²) in [5, 5.41) is 14.3. The van der Waals surface area contributed by atoms with Crippen LogP contribution in [0, 0.1) is 0 Å². The number of rotatable bonds is 9. The van der Waals surface area contributed by atoms with Crippen LogP contribution in [0.3, 0.4) is 0 Å².